The lowest BCUT2D eigenvalue weighted by Crippen LogP contribution is -2.16. The molecule has 2 heterocycles. The van der Waals surface area contributed by atoms with Crippen molar-refractivity contribution in [2.75, 3.05) is 5.73 Å². The average molecular weight is 264 g/mol. The van der Waals surface area contributed by atoms with Gasteiger partial charge in [-0.25, -0.2) is 4.98 Å². The highest BCUT2D eigenvalue weighted by atomic mass is 14.9. The van der Waals surface area contributed by atoms with E-state index in [1.807, 2.05) is 12.1 Å². The van der Waals surface area contributed by atoms with E-state index in [9.17, 15) is 5.26 Å². The van der Waals surface area contributed by atoms with E-state index in [0.29, 0.717) is 17.3 Å². The first-order valence-electron chi connectivity index (χ1n) is 6.82. The number of aromatic nitrogens is 2. The summed E-state index contributed by atoms with van der Waals surface area (Å²) in [6, 6.07) is 6.06. The Labute approximate surface area is 118 Å². The number of nitrogen functional groups attached to an aromatic ring is 1. The normalized spacial score (nSPS) is 17.3. The molecule has 0 amide bonds. The lowest BCUT2D eigenvalue weighted by atomic mass is 9.83. The summed E-state index contributed by atoms with van der Waals surface area (Å²) in [5.41, 5.74) is 10.5. The van der Waals surface area contributed by atoms with Crippen LogP contribution in [-0.4, -0.2) is 9.97 Å². The minimum absolute atomic E-state index is 0.333. The number of rotatable bonds is 1. The van der Waals surface area contributed by atoms with E-state index in [1.54, 1.807) is 12.4 Å². The van der Waals surface area contributed by atoms with E-state index < -0.39 is 0 Å². The Kier molecular flexibility index (Phi) is 3.11. The molecule has 0 radical (unpaired) electrons. The Hall–Kier alpha value is -2.41. The Morgan fingerprint density at radius 3 is 3.00 bits per heavy atom. The molecule has 100 valence electrons. The predicted octanol–water partition coefficient (Wildman–Crippen LogP) is 2.72. The molecule has 2 aromatic rings. The maximum absolute atomic E-state index is 9.42. The molecule has 1 aliphatic rings. The molecule has 1 unspecified atom stereocenters. The zero-order valence-corrected chi connectivity index (χ0v) is 11.4. The number of anilines is 1. The first kappa shape index (κ1) is 12.6. The maximum atomic E-state index is 9.42. The fourth-order valence-corrected chi connectivity index (χ4v) is 2.90. The lowest BCUT2D eigenvalue weighted by molar-refractivity contribution is 0.493. The van der Waals surface area contributed by atoms with E-state index in [0.717, 1.165) is 36.1 Å². The molecular weight excluding hydrogens is 248 g/mol. The van der Waals surface area contributed by atoms with Gasteiger partial charge < -0.3 is 5.73 Å². The number of hydrogen-bond donors (Lipinski definition) is 1. The van der Waals surface area contributed by atoms with Gasteiger partial charge in [0.15, 0.2) is 0 Å². The number of hydrogen-bond acceptors (Lipinski definition) is 4. The van der Waals surface area contributed by atoms with Gasteiger partial charge in [-0.3, -0.25) is 4.98 Å². The summed E-state index contributed by atoms with van der Waals surface area (Å²) in [6.07, 6.45) is 6.51. The van der Waals surface area contributed by atoms with E-state index in [2.05, 4.69) is 23.0 Å². The molecule has 0 spiro atoms. The van der Waals surface area contributed by atoms with Crippen molar-refractivity contribution in [3.8, 4) is 17.2 Å². The number of fused-ring (bicyclic) bond motifs is 1. The summed E-state index contributed by atoms with van der Waals surface area (Å²) in [7, 11) is 0. The van der Waals surface area contributed by atoms with Crippen LogP contribution in [0.5, 0.6) is 0 Å². The summed E-state index contributed by atoms with van der Waals surface area (Å²) >= 11 is 0. The maximum Gasteiger partial charge on any atom is 0.142 e. The second kappa shape index (κ2) is 4.93. The van der Waals surface area contributed by atoms with Gasteiger partial charge in [0.25, 0.3) is 0 Å². The molecule has 0 saturated heterocycles. The van der Waals surface area contributed by atoms with Crippen LogP contribution in [0.15, 0.2) is 24.5 Å². The molecule has 1 atom stereocenters. The van der Waals surface area contributed by atoms with Crippen molar-refractivity contribution in [2.24, 2.45) is 5.92 Å². The number of nitrogens with zero attached hydrogens (tertiary/aromatic N) is 3. The quantitative estimate of drug-likeness (QED) is 0.859. The summed E-state index contributed by atoms with van der Waals surface area (Å²) < 4.78 is 0. The highest BCUT2D eigenvalue weighted by Crippen LogP contribution is 2.36. The van der Waals surface area contributed by atoms with Gasteiger partial charge in [-0.15, -0.1) is 0 Å². The molecule has 0 bridgehead atoms. The van der Waals surface area contributed by atoms with Crippen molar-refractivity contribution in [3.05, 3.63) is 41.3 Å². The van der Waals surface area contributed by atoms with Crippen LogP contribution in [0.2, 0.25) is 0 Å². The van der Waals surface area contributed by atoms with Crippen LogP contribution in [-0.2, 0) is 12.8 Å². The largest absolute Gasteiger partial charge is 0.383 e. The SMILES string of the molecule is CC1CCc2c(nc(N)c(C#N)c2-c2cccnc2)C1. The van der Waals surface area contributed by atoms with Crippen molar-refractivity contribution < 1.29 is 0 Å². The van der Waals surface area contributed by atoms with Crippen molar-refractivity contribution in [1.29, 1.82) is 5.26 Å². The molecule has 3 rings (SSSR count). The lowest BCUT2D eigenvalue weighted by Gasteiger charge is -2.24. The molecule has 0 saturated carbocycles. The highest BCUT2D eigenvalue weighted by molar-refractivity contribution is 5.78. The highest BCUT2D eigenvalue weighted by Gasteiger charge is 2.24. The Bertz CT molecular complexity index is 686. The van der Waals surface area contributed by atoms with Gasteiger partial charge in [0.2, 0.25) is 0 Å². The topological polar surface area (TPSA) is 75.6 Å². The van der Waals surface area contributed by atoms with Crippen LogP contribution in [0.4, 0.5) is 5.82 Å². The smallest absolute Gasteiger partial charge is 0.142 e. The molecule has 0 aromatic carbocycles. The molecule has 2 N–H and O–H groups in total. The van der Waals surface area contributed by atoms with Gasteiger partial charge in [0.05, 0.1) is 0 Å². The van der Waals surface area contributed by atoms with E-state index in [1.165, 1.54) is 5.56 Å². The number of nitriles is 1. The molecule has 20 heavy (non-hydrogen) atoms. The Morgan fingerprint density at radius 1 is 1.45 bits per heavy atom. The van der Waals surface area contributed by atoms with Crippen LogP contribution in [0.25, 0.3) is 11.1 Å². The minimum atomic E-state index is 0.333. The minimum Gasteiger partial charge on any atom is -0.383 e. The molecule has 2 aromatic heterocycles. The Balaban J connectivity index is 2.29. The molecule has 4 heteroatoms. The number of nitrogens with two attached hydrogens (primary N) is 1. The van der Waals surface area contributed by atoms with Crippen LogP contribution in [0.1, 0.15) is 30.2 Å². The fraction of sp³-hybridized carbons (Fsp3) is 0.312. The fourth-order valence-electron chi connectivity index (χ4n) is 2.90. The summed E-state index contributed by atoms with van der Waals surface area (Å²) in [5, 5.41) is 9.42. The molecule has 0 aliphatic heterocycles. The van der Waals surface area contributed by atoms with Gasteiger partial charge in [-0.05, 0) is 36.8 Å². The van der Waals surface area contributed by atoms with Crippen LogP contribution >= 0.6 is 0 Å². The summed E-state index contributed by atoms with van der Waals surface area (Å²) in [5.74, 6) is 0.947. The molecule has 0 fully saturated rings. The predicted molar refractivity (Wildman–Crippen MR) is 77.8 cm³/mol. The summed E-state index contributed by atoms with van der Waals surface area (Å²) in [4.78, 5) is 8.62. The van der Waals surface area contributed by atoms with Crippen molar-refractivity contribution in [2.45, 2.75) is 26.2 Å². The van der Waals surface area contributed by atoms with E-state index in [-0.39, 0.29) is 0 Å². The van der Waals surface area contributed by atoms with Crippen molar-refractivity contribution in [3.63, 3.8) is 0 Å². The third kappa shape index (κ3) is 2.01. The second-order valence-electron chi connectivity index (χ2n) is 5.37. The van der Waals surface area contributed by atoms with Crippen LogP contribution < -0.4 is 5.73 Å². The zero-order valence-electron chi connectivity index (χ0n) is 11.4. The van der Waals surface area contributed by atoms with Crippen molar-refractivity contribution in [1.82, 2.24) is 9.97 Å². The summed E-state index contributed by atoms with van der Waals surface area (Å²) in [6.45, 7) is 2.22. The molecule has 1 aliphatic carbocycles. The van der Waals surface area contributed by atoms with Gasteiger partial charge in [0.1, 0.15) is 17.5 Å². The van der Waals surface area contributed by atoms with Crippen LogP contribution in [0, 0.1) is 17.2 Å². The monoisotopic (exact) mass is 264 g/mol. The molecule has 4 nitrogen and oxygen atoms in total. The first-order chi connectivity index (χ1) is 9.70. The van der Waals surface area contributed by atoms with Crippen molar-refractivity contribution >= 4 is 5.82 Å². The first-order valence-corrected chi connectivity index (χ1v) is 6.82. The van der Waals surface area contributed by atoms with Gasteiger partial charge >= 0.3 is 0 Å². The van der Waals surface area contributed by atoms with Crippen LogP contribution in [0.3, 0.4) is 0 Å². The molecular formula is C16H16N4. The average Bonchev–Trinajstić information content (AvgIpc) is 2.46. The number of pyridine rings is 2. The van der Waals surface area contributed by atoms with Gasteiger partial charge in [0, 0.05) is 29.2 Å². The standard InChI is InChI=1S/C16H16N4/c1-10-4-5-12-14(7-10)20-16(18)13(8-17)15(12)11-3-2-6-19-9-11/h2-3,6,9-10H,4-5,7H2,1H3,(H2,18,20). The Morgan fingerprint density at radius 2 is 2.30 bits per heavy atom. The van der Waals surface area contributed by atoms with E-state index >= 15 is 0 Å². The van der Waals surface area contributed by atoms with Gasteiger partial charge in [-0.2, -0.15) is 5.26 Å². The second-order valence-corrected chi connectivity index (χ2v) is 5.37. The van der Waals surface area contributed by atoms with E-state index in [4.69, 9.17) is 5.73 Å². The third-order valence-electron chi connectivity index (χ3n) is 3.90. The third-order valence-corrected chi connectivity index (χ3v) is 3.90. The zero-order chi connectivity index (χ0) is 14.1. The van der Waals surface area contributed by atoms with Gasteiger partial charge in [-0.1, -0.05) is 13.0 Å².